The van der Waals surface area contributed by atoms with Gasteiger partial charge in [0, 0.05) is 48.1 Å². The molecule has 0 aromatic heterocycles. The molecule has 3 aromatic carbocycles. The molecule has 0 spiro atoms. The smallest absolute Gasteiger partial charge is 0.306 e. The monoisotopic (exact) mass is 538 g/mol. The third kappa shape index (κ3) is 6.25. The Labute approximate surface area is 233 Å². The number of rotatable bonds is 12. The first-order valence-electron chi connectivity index (χ1n) is 13.9. The van der Waals surface area contributed by atoms with E-state index in [9.17, 15) is 9.59 Å². The van der Waals surface area contributed by atoms with E-state index in [1.165, 1.54) is 6.07 Å². The van der Waals surface area contributed by atoms with Crippen molar-refractivity contribution >= 4 is 33.5 Å². The molecule has 0 saturated heterocycles. The van der Waals surface area contributed by atoms with E-state index < -0.39 is 0 Å². The third-order valence-corrected chi connectivity index (χ3v) is 7.07. The molecule has 0 bridgehead atoms. The van der Waals surface area contributed by atoms with Crippen LogP contribution in [0.25, 0.3) is 33.3 Å². The Morgan fingerprint density at radius 1 is 0.900 bits per heavy atom. The van der Waals surface area contributed by atoms with E-state index in [1.54, 1.807) is 6.07 Å². The van der Waals surface area contributed by atoms with Gasteiger partial charge < -0.3 is 18.8 Å². The molecule has 40 heavy (non-hydrogen) atoms. The molecule has 206 valence electrons. The summed E-state index contributed by atoms with van der Waals surface area (Å²) in [4.78, 5) is 31.9. The molecule has 1 aliphatic heterocycles. The Balaban J connectivity index is 1.21. The molecule has 0 amide bonds. The van der Waals surface area contributed by atoms with E-state index in [0.717, 1.165) is 49.1 Å². The fourth-order valence-corrected chi connectivity index (χ4v) is 4.86. The van der Waals surface area contributed by atoms with E-state index in [1.807, 2.05) is 60.7 Å². The number of aromatic nitrogens is 1. The normalized spacial score (nSPS) is 11.2. The van der Waals surface area contributed by atoms with Gasteiger partial charge in [0.15, 0.2) is 16.8 Å². The Morgan fingerprint density at radius 2 is 1.73 bits per heavy atom. The van der Waals surface area contributed by atoms with Crippen molar-refractivity contribution in [2.45, 2.75) is 46.1 Å². The summed E-state index contributed by atoms with van der Waals surface area (Å²) >= 11 is 0. The standard InChI is InChI=1S/C33H34N2O5/c1-3-35(4-2)24-14-17-28-30(19-24)40-31-21-29(36)26-16-15-25(20-27(26)33(31)34-28)38-18-10-6-9-13-32(37)39-22-23-11-7-5-8-12-23/h5,7-8,11-12,14-17,19-21H,3-4,6,9-10,13,18,22H2,1-2H3. The second-order valence-electron chi connectivity index (χ2n) is 9.77. The highest BCUT2D eigenvalue weighted by molar-refractivity contribution is 5.97. The maximum atomic E-state index is 12.8. The minimum Gasteiger partial charge on any atom is -0.494 e. The molecule has 1 heterocycles. The van der Waals surface area contributed by atoms with Crippen molar-refractivity contribution in [1.29, 1.82) is 0 Å². The average molecular weight is 539 g/mol. The molecular formula is C33H34N2O5. The molecule has 2 aliphatic rings. The number of carbonyl (C=O) groups excluding carboxylic acids is 1. The van der Waals surface area contributed by atoms with E-state index in [4.69, 9.17) is 18.9 Å². The maximum absolute atomic E-state index is 12.8. The van der Waals surface area contributed by atoms with Crippen LogP contribution in [0.2, 0.25) is 0 Å². The lowest BCUT2D eigenvalue weighted by Gasteiger charge is -2.21. The highest BCUT2D eigenvalue weighted by atomic mass is 16.5. The lowest BCUT2D eigenvalue weighted by molar-refractivity contribution is -0.145. The fraction of sp³-hybridized carbons (Fsp3) is 0.303. The van der Waals surface area contributed by atoms with Crippen molar-refractivity contribution in [3.63, 3.8) is 0 Å². The van der Waals surface area contributed by atoms with Gasteiger partial charge in [0.05, 0.1) is 6.61 Å². The predicted molar refractivity (Wildman–Crippen MR) is 158 cm³/mol. The molecule has 0 fully saturated rings. The number of unbranched alkanes of at least 4 members (excludes halogenated alkanes) is 2. The van der Waals surface area contributed by atoms with Crippen LogP contribution in [0, 0.1) is 0 Å². The van der Waals surface area contributed by atoms with Gasteiger partial charge in [-0.05, 0) is 69.0 Å². The van der Waals surface area contributed by atoms with Gasteiger partial charge in [0.1, 0.15) is 23.6 Å². The number of anilines is 1. The fourth-order valence-electron chi connectivity index (χ4n) is 4.86. The molecular weight excluding hydrogens is 504 g/mol. The molecule has 7 heteroatoms. The minimum atomic E-state index is -0.186. The van der Waals surface area contributed by atoms with Gasteiger partial charge in [0.2, 0.25) is 0 Å². The van der Waals surface area contributed by atoms with Crippen LogP contribution in [0.3, 0.4) is 0 Å². The number of hydrogen-bond acceptors (Lipinski definition) is 7. The first-order valence-corrected chi connectivity index (χ1v) is 13.9. The van der Waals surface area contributed by atoms with Gasteiger partial charge >= 0.3 is 5.97 Å². The number of ether oxygens (including phenoxy) is 2. The van der Waals surface area contributed by atoms with Crippen LogP contribution in [-0.2, 0) is 16.1 Å². The van der Waals surface area contributed by atoms with E-state index in [-0.39, 0.29) is 11.4 Å². The molecule has 0 radical (unpaired) electrons. The van der Waals surface area contributed by atoms with Crippen molar-refractivity contribution in [3.05, 3.63) is 88.6 Å². The number of fused-ring (bicyclic) bond motifs is 4. The van der Waals surface area contributed by atoms with Crippen LogP contribution in [0.1, 0.15) is 45.1 Å². The summed E-state index contributed by atoms with van der Waals surface area (Å²) < 4.78 is 17.5. The quantitative estimate of drug-likeness (QED) is 0.0734. The van der Waals surface area contributed by atoms with Crippen molar-refractivity contribution in [3.8, 4) is 17.2 Å². The average Bonchev–Trinajstić information content (AvgIpc) is 2.98. The molecule has 7 nitrogen and oxygen atoms in total. The van der Waals surface area contributed by atoms with Crippen molar-refractivity contribution in [1.82, 2.24) is 4.98 Å². The number of hydrogen-bond donors (Lipinski definition) is 0. The number of benzene rings is 4. The SMILES string of the molecule is CCN(CC)c1ccc2nc3c4cc(OCCCCCC(=O)OCc5ccccc5)ccc4c(=O)cc-3oc2c1. The van der Waals surface area contributed by atoms with E-state index >= 15 is 0 Å². The molecule has 3 aromatic rings. The van der Waals surface area contributed by atoms with Gasteiger partial charge in [-0.15, -0.1) is 0 Å². The number of nitrogens with zero attached hydrogens (tertiary/aromatic N) is 2. The van der Waals surface area contributed by atoms with Gasteiger partial charge in [-0.25, -0.2) is 4.98 Å². The summed E-state index contributed by atoms with van der Waals surface area (Å²) in [6.45, 7) is 6.82. The lowest BCUT2D eigenvalue weighted by atomic mass is 10.0. The molecule has 0 N–H and O–H groups in total. The molecule has 0 saturated carbocycles. The van der Waals surface area contributed by atoms with Crippen LogP contribution >= 0.6 is 0 Å². The van der Waals surface area contributed by atoms with Gasteiger partial charge in [-0.3, -0.25) is 9.59 Å². The first-order chi connectivity index (χ1) is 19.6. The first kappa shape index (κ1) is 27.2. The number of carbonyl (C=O) groups is 1. The molecule has 5 rings (SSSR count). The largest absolute Gasteiger partial charge is 0.494 e. The van der Waals surface area contributed by atoms with Crippen LogP contribution in [0.5, 0.6) is 5.75 Å². The van der Waals surface area contributed by atoms with Crippen molar-refractivity contribution in [2.24, 2.45) is 0 Å². The highest BCUT2D eigenvalue weighted by Gasteiger charge is 2.17. The van der Waals surface area contributed by atoms with Crippen LogP contribution in [0.4, 0.5) is 5.69 Å². The maximum Gasteiger partial charge on any atom is 0.306 e. The summed E-state index contributed by atoms with van der Waals surface area (Å²) in [6.07, 6.45) is 2.79. The lowest BCUT2D eigenvalue weighted by Crippen LogP contribution is -2.21. The Bertz CT molecular complexity index is 1630. The minimum absolute atomic E-state index is 0.113. The van der Waals surface area contributed by atoms with Crippen molar-refractivity contribution < 1.29 is 18.7 Å². The molecule has 0 atom stereocenters. The zero-order valence-corrected chi connectivity index (χ0v) is 23.0. The zero-order valence-electron chi connectivity index (χ0n) is 23.0. The van der Waals surface area contributed by atoms with E-state index in [2.05, 4.69) is 18.7 Å². The third-order valence-electron chi connectivity index (χ3n) is 7.07. The zero-order chi connectivity index (χ0) is 27.9. The van der Waals surface area contributed by atoms with Gasteiger partial charge in [-0.1, -0.05) is 30.3 Å². The van der Waals surface area contributed by atoms with Crippen LogP contribution < -0.4 is 15.1 Å². The Hall–Kier alpha value is -4.39. The second-order valence-corrected chi connectivity index (χ2v) is 9.77. The Morgan fingerprint density at radius 3 is 2.52 bits per heavy atom. The van der Waals surface area contributed by atoms with Crippen molar-refractivity contribution in [2.75, 3.05) is 24.6 Å². The number of esters is 1. The molecule has 0 unspecified atom stereocenters. The van der Waals surface area contributed by atoms with Crippen LogP contribution in [0.15, 0.2) is 82.0 Å². The Kier molecular flexibility index (Phi) is 8.59. The van der Waals surface area contributed by atoms with E-state index in [0.29, 0.717) is 53.2 Å². The summed E-state index contributed by atoms with van der Waals surface area (Å²) in [7, 11) is 0. The van der Waals surface area contributed by atoms with Gasteiger partial charge in [-0.2, -0.15) is 0 Å². The summed E-state index contributed by atoms with van der Waals surface area (Å²) in [5.41, 5.74) is 3.95. The second kappa shape index (κ2) is 12.6. The highest BCUT2D eigenvalue weighted by Crippen LogP contribution is 2.33. The topological polar surface area (TPSA) is 81.9 Å². The molecule has 1 aliphatic carbocycles. The van der Waals surface area contributed by atoms with Gasteiger partial charge in [0.25, 0.3) is 0 Å². The summed E-state index contributed by atoms with van der Waals surface area (Å²) in [6, 6.07) is 22.6. The van der Waals surface area contributed by atoms with Crippen LogP contribution in [-0.4, -0.2) is 30.6 Å². The summed E-state index contributed by atoms with van der Waals surface area (Å²) in [5.74, 6) is 0.938. The predicted octanol–water partition coefficient (Wildman–Crippen LogP) is 6.97. The summed E-state index contributed by atoms with van der Waals surface area (Å²) in [5, 5.41) is 1.29.